The van der Waals surface area contributed by atoms with Crippen molar-refractivity contribution < 1.29 is 0 Å². The second kappa shape index (κ2) is 2.67. The van der Waals surface area contributed by atoms with E-state index in [9.17, 15) is 0 Å². The maximum atomic E-state index is 8.51. The number of nitrogens with one attached hydrogen (secondary N) is 1. The van der Waals surface area contributed by atoms with Crippen LogP contribution in [0.15, 0.2) is 24.5 Å². The first-order valence-corrected chi connectivity index (χ1v) is 3.70. The third-order valence-electron chi connectivity index (χ3n) is 1.78. The minimum absolute atomic E-state index is 0.414. The van der Waals surface area contributed by atoms with Crippen molar-refractivity contribution in [3.05, 3.63) is 30.1 Å². The molecule has 0 bridgehead atoms. The van der Waals surface area contributed by atoms with Crippen LogP contribution in [0.3, 0.4) is 0 Å². The largest absolute Gasteiger partial charge is 0.360 e. The van der Waals surface area contributed by atoms with Crippen LogP contribution in [0, 0.1) is 11.3 Å². The molecule has 0 aromatic carbocycles. The van der Waals surface area contributed by atoms with Crippen molar-refractivity contribution in [2.75, 3.05) is 0 Å². The zero-order valence-electron chi connectivity index (χ0n) is 6.41. The van der Waals surface area contributed by atoms with Crippen LogP contribution < -0.4 is 0 Å². The molecule has 3 nitrogen and oxygen atoms in total. The van der Waals surface area contributed by atoms with E-state index in [0.29, 0.717) is 6.42 Å². The first-order chi connectivity index (χ1) is 5.92. The number of aromatic amines is 1. The Kier molecular flexibility index (Phi) is 1.52. The quantitative estimate of drug-likeness (QED) is 0.684. The highest BCUT2D eigenvalue weighted by Gasteiger charge is 2.01. The van der Waals surface area contributed by atoms with Crippen molar-refractivity contribution in [2.45, 2.75) is 6.42 Å². The lowest BCUT2D eigenvalue weighted by Gasteiger charge is -1.88. The zero-order valence-corrected chi connectivity index (χ0v) is 6.41. The van der Waals surface area contributed by atoms with Gasteiger partial charge in [0.05, 0.1) is 23.5 Å². The third-order valence-corrected chi connectivity index (χ3v) is 1.78. The summed E-state index contributed by atoms with van der Waals surface area (Å²) in [6, 6.07) is 5.92. The highest BCUT2D eigenvalue weighted by Crippen LogP contribution is 2.14. The lowest BCUT2D eigenvalue weighted by atomic mass is 10.2. The Bertz CT molecular complexity index is 436. The van der Waals surface area contributed by atoms with Gasteiger partial charge in [-0.1, -0.05) is 0 Å². The van der Waals surface area contributed by atoms with E-state index >= 15 is 0 Å². The molecule has 2 aromatic heterocycles. The topological polar surface area (TPSA) is 52.5 Å². The van der Waals surface area contributed by atoms with Gasteiger partial charge in [0, 0.05) is 18.0 Å². The monoisotopic (exact) mass is 157 g/mol. The number of pyridine rings is 1. The molecule has 0 amide bonds. The number of aromatic nitrogens is 2. The van der Waals surface area contributed by atoms with Crippen molar-refractivity contribution in [2.24, 2.45) is 0 Å². The average molecular weight is 157 g/mol. The summed E-state index contributed by atoms with van der Waals surface area (Å²) in [7, 11) is 0. The fraction of sp³-hybridized carbons (Fsp3) is 0.111. The van der Waals surface area contributed by atoms with Crippen LogP contribution in [-0.2, 0) is 6.42 Å². The second-order valence-electron chi connectivity index (χ2n) is 2.55. The molecule has 3 heteroatoms. The van der Waals surface area contributed by atoms with Crippen LogP contribution in [0.1, 0.15) is 5.56 Å². The Morgan fingerprint density at radius 3 is 3.33 bits per heavy atom. The van der Waals surface area contributed by atoms with Gasteiger partial charge in [-0.3, -0.25) is 4.98 Å². The van der Waals surface area contributed by atoms with Crippen LogP contribution in [0.4, 0.5) is 0 Å². The average Bonchev–Trinajstić information content (AvgIpc) is 2.50. The Hall–Kier alpha value is -1.82. The Morgan fingerprint density at radius 1 is 1.58 bits per heavy atom. The van der Waals surface area contributed by atoms with Gasteiger partial charge in [-0.15, -0.1) is 0 Å². The second-order valence-corrected chi connectivity index (χ2v) is 2.55. The van der Waals surface area contributed by atoms with Gasteiger partial charge in [-0.25, -0.2) is 0 Å². The summed E-state index contributed by atoms with van der Waals surface area (Å²) in [5, 5.41) is 8.51. The summed E-state index contributed by atoms with van der Waals surface area (Å²) in [6.45, 7) is 0. The van der Waals surface area contributed by atoms with Crippen LogP contribution in [0.25, 0.3) is 11.0 Å². The lowest BCUT2D eigenvalue weighted by Crippen LogP contribution is -1.79. The van der Waals surface area contributed by atoms with Crippen molar-refractivity contribution >= 4 is 11.0 Å². The molecule has 0 radical (unpaired) electrons. The van der Waals surface area contributed by atoms with Gasteiger partial charge in [-0.05, 0) is 12.1 Å². The van der Waals surface area contributed by atoms with Crippen molar-refractivity contribution in [3.8, 4) is 6.07 Å². The van der Waals surface area contributed by atoms with E-state index < -0.39 is 0 Å². The first kappa shape index (κ1) is 6.86. The maximum Gasteiger partial charge on any atom is 0.0921 e. The molecule has 0 spiro atoms. The molecule has 0 fully saturated rings. The van der Waals surface area contributed by atoms with E-state index in [1.165, 1.54) is 0 Å². The Balaban J connectivity index is 2.64. The summed E-state index contributed by atoms with van der Waals surface area (Å²) in [5.41, 5.74) is 2.86. The number of nitriles is 1. The smallest absolute Gasteiger partial charge is 0.0921 e. The predicted octanol–water partition coefficient (Wildman–Crippen LogP) is 1.63. The van der Waals surface area contributed by atoms with Gasteiger partial charge in [0.1, 0.15) is 0 Å². The van der Waals surface area contributed by atoms with E-state index in [2.05, 4.69) is 16.0 Å². The summed E-state index contributed by atoms with van der Waals surface area (Å²) in [6.07, 6.45) is 3.98. The lowest BCUT2D eigenvalue weighted by molar-refractivity contribution is 1.26. The van der Waals surface area contributed by atoms with Gasteiger partial charge < -0.3 is 4.98 Å². The number of H-pyrrole nitrogens is 1. The van der Waals surface area contributed by atoms with E-state index in [0.717, 1.165) is 16.6 Å². The maximum absolute atomic E-state index is 8.51. The van der Waals surface area contributed by atoms with E-state index in [4.69, 9.17) is 5.26 Å². The Morgan fingerprint density at radius 2 is 2.50 bits per heavy atom. The molecule has 0 aliphatic rings. The minimum atomic E-state index is 0.414. The fourth-order valence-corrected chi connectivity index (χ4v) is 1.23. The minimum Gasteiger partial charge on any atom is -0.360 e. The summed E-state index contributed by atoms with van der Waals surface area (Å²) in [4.78, 5) is 7.24. The normalized spacial score (nSPS) is 9.92. The number of hydrogen-bond donors (Lipinski definition) is 1. The van der Waals surface area contributed by atoms with Crippen LogP contribution in [-0.4, -0.2) is 9.97 Å². The molecule has 0 atom stereocenters. The molecular formula is C9H7N3. The van der Waals surface area contributed by atoms with Gasteiger partial charge in [-0.2, -0.15) is 5.26 Å². The molecule has 0 unspecified atom stereocenters. The molecule has 0 aliphatic carbocycles. The van der Waals surface area contributed by atoms with E-state index in [1.54, 1.807) is 6.20 Å². The standard InChI is InChI=1S/C9H7N3/c10-4-3-7-6-12-8-2-1-5-11-9(7)8/h1-2,5-6,12H,3H2. The van der Waals surface area contributed by atoms with E-state index in [1.807, 2.05) is 18.3 Å². The third kappa shape index (κ3) is 0.940. The van der Waals surface area contributed by atoms with Crippen LogP contribution in [0.2, 0.25) is 0 Å². The van der Waals surface area contributed by atoms with E-state index in [-0.39, 0.29) is 0 Å². The summed E-state index contributed by atoms with van der Waals surface area (Å²) < 4.78 is 0. The van der Waals surface area contributed by atoms with Gasteiger partial charge >= 0.3 is 0 Å². The molecule has 58 valence electrons. The molecule has 2 aromatic rings. The van der Waals surface area contributed by atoms with Crippen molar-refractivity contribution in [1.82, 2.24) is 9.97 Å². The van der Waals surface area contributed by atoms with Gasteiger partial charge in [0.2, 0.25) is 0 Å². The SMILES string of the molecule is N#CCc1c[nH]c2cccnc12. The molecule has 0 saturated heterocycles. The predicted molar refractivity (Wildman–Crippen MR) is 45.4 cm³/mol. The van der Waals surface area contributed by atoms with Crippen LogP contribution in [0.5, 0.6) is 0 Å². The zero-order chi connectivity index (χ0) is 8.39. The Labute approximate surface area is 69.7 Å². The van der Waals surface area contributed by atoms with Crippen molar-refractivity contribution in [1.29, 1.82) is 5.26 Å². The molecule has 2 heterocycles. The number of hydrogen-bond acceptors (Lipinski definition) is 2. The van der Waals surface area contributed by atoms with Gasteiger partial charge in [0.15, 0.2) is 0 Å². The number of fused-ring (bicyclic) bond motifs is 1. The van der Waals surface area contributed by atoms with Crippen molar-refractivity contribution in [3.63, 3.8) is 0 Å². The number of nitrogens with zero attached hydrogens (tertiary/aromatic N) is 2. The molecule has 2 rings (SSSR count). The molecule has 0 aliphatic heterocycles. The van der Waals surface area contributed by atoms with Gasteiger partial charge in [0.25, 0.3) is 0 Å². The molecular weight excluding hydrogens is 150 g/mol. The molecule has 12 heavy (non-hydrogen) atoms. The highest BCUT2D eigenvalue weighted by atomic mass is 14.8. The molecule has 1 N–H and O–H groups in total. The van der Waals surface area contributed by atoms with Crippen LogP contribution >= 0.6 is 0 Å². The number of rotatable bonds is 1. The molecule has 0 saturated carbocycles. The summed E-state index contributed by atoms with van der Waals surface area (Å²) in [5.74, 6) is 0. The first-order valence-electron chi connectivity index (χ1n) is 3.70. The summed E-state index contributed by atoms with van der Waals surface area (Å²) >= 11 is 0. The fourth-order valence-electron chi connectivity index (χ4n) is 1.23. The highest BCUT2D eigenvalue weighted by molar-refractivity contribution is 5.78.